The van der Waals surface area contributed by atoms with E-state index in [0.29, 0.717) is 55.2 Å². The molecule has 2 fully saturated rings. The lowest BCUT2D eigenvalue weighted by molar-refractivity contribution is -0.125. The van der Waals surface area contributed by atoms with Crippen molar-refractivity contribution in [2.75, 3.05) is 38.8 Å². The van der Waals surface area contributed by atoms with Crippen molar-refractivity contribution in [2.24, 2.45) is 5.92 Å². The monoisotopic (exact) mass is 535 g/mol. The number of nitrogens with zero attached hydrogens (tertiary/aromatic N) is 2. The van der Waals surface area contributed by atoms with Crippen molar-refractivity contribution in [1.82, 2.24) is 10.2 Å². The molecule has 0 spiro atoms. The van der Waals surface area contributed by atoms with Crippen molar-refractivity contribution in [2.45, 2.75) is 57.7 Å². The molecule has 208 valence electrons. The summed E-state index contributed by atoms with van der Waals surface area (Å²) in [6, 6.07) is 10.8. The summed E-state index contributed by atoms with van der Waals surface area (Å²) in [6.45, 7) is 6.09. The topological polar surface area (TPSA) is 97.4 Å². The van der Waals surface area contributed by atoms with Crippen LogP contribution in [0.2, 0.25) is 0 Å². The van der Waals surface area contributed by atoms with Crippen molar-refractivity contribution in [3.8, 4) is 11.5 Å². The first-order valence-corrected chi connectivity index (χ1v) is 13.6. The van der Waals surface area contributed by atoms with Crippen LogP contribution in [-0.4, -0.2) is 68.2 Å². The third kappa shape index (κ3) is 5.32. The molecule has 2 unspecified atom stereocenters. The highest BCUT2D eigenvalue weighted by Crippen LogP contribution is 2.38. The minimum absolute atomic E-state index is 0.0319. The Labute approximate surface area is 229 Å². The minimum Gasteiger partial charge on any atom is -0.493 e. The molecular formula is C30H37N3O6. The molecule has 5 rings (SSSR count). The van der Waals surface area contributed by atoms with E-state index in [9.17, 15) is 14.4 Å². The third-order valence-corrected chi connectivity index (χ3v) is 8.01. The van der Waals surface area contributed by atoms with Crippen LogP contribution in [0.4, 0.5) is 5.69 Å². The number of imide groups is 1. The molecule has 0 radical (unpaired) electrons. The number of hydrogen-bond acceptors (Lipinski definition) is 7. The number of anilines is 1. The van der Waals surface area contributed by atoms with Gasteiger partial charge in [0.25, 0.3) is 11.8 Å². The molecule has 0 aromatic heterocycles. The smallest absolute Gasteiger partial charge is 0.263 e. The van der Waals surface area contributed by atoms with Crippen molar-refractivity contribution >= 4 is 23.4 Å². The van der Waals surface area contributed by atoms with Gasteiger partial charge in [0.2, 0.25) is 5.91 Å². The highest BCUT2D eigenvalue weighted by molar-refractivity contribution is 6.24. The zero-order chi connectivity index (χ0) is 27.7. The Balaban J connectivity index is 1.29. The number of carbonyl (C=O) groups is 3. The lowest BCUT2D eigenvalue weighted by Crippen LogP contribution is -2.48. The third-order valence-electron chi connectivity index (χ3n) is 8.01. The highest BCUT2D eigenvalue weighted by Gasteiger charge is 2.45. The van der Waals surface area contributed by atoms with Gasteiger partial charge in [0.15, 0.2) is 11.5 Å². The largest absolute Gasteiger partial charge is 0.493 e. The van der Waals surface area contributed by atoms with E-state index in [-0.39, 0.29) is 35.3 Å². The highest BCUT2D eigenvalue weighted by atomic mass is 16.5. The Hall–Kier alpha value is -3.59. The zero-order valence-electron chi connectivity index (χ0n) is 23.1. The summed E-state index contributed by atoms with van der Waals surface area (Å²) >= 11 is 0. The first-order chi connectivity index (χ1) is 18.7. The van der Waals surface area contributed by atoms with E-state index < -0.39 is 0 Å². The van der Waals surface area contributed by atoms with Crippen molar-refractivity contribution in [1.29, 1.82) is 0 Å². The molecule has 0 saturated carbocycles. The molecule has 3 aliphatic heterocycles. The Morgan fingerprint density at radius 1 is 1.08 bits per heavy atom. The van der Waals surface area contributed by atoms with Gasteiger partial charge < -0.3 is 24.4 Å². The molecule has 0 aliphatic carbocycles. The van der Waals surface area contributed by atoms with Gasteiger partial charge in [-0.15, -0.1) is 0 Å². The van der Waals surface area contributed by atoms with Gasteiger partial charge in [0, 0.05) is 32.3 Å². The number of benzene rings is 2. The summed E-state index contributed by atoms with van der Waals surface area (Å²) in [5, 5.41) is 3.05. The molecule has 9 heteroatoms. The molecule has 3 aliphatic rings. The molecule has 2 atom stereocenters. The Morgan fingerprint density at radius 2 is 1.87 bits per heavy atom. The zero-order valence-corrected chi connectivity index (χ0v) is 23.1. The molecule has 9 nitrogen and oxygen atoms in total. The van der Waals surface area contributed by atoms with E-state index in [1.54, 1.807) is 20.3 Å². The predicted molar refractivity (Wildman–Crippen MR) is 146 cm³/mol. The Kier molecular flexibility index (Phi) is 7.53. The SMILES string of the molecule is COc1ccc(CNC(=O)C2CCCN(c3cccc4c3C(=O)N(C3CCOC(C)(C)C3)C4=O)C2)cc1OC. The average molecular weight is 536 g/mol. The number of ether oxygens (including phenoxy) is 3. The Bertz CT molecular complexity index is 1280. The number of nitrogens with one attached hydrogen (secondary N) is 1. The lowest BCUT2D eigenvalue weighted by Gasteiger charge is -2.39. The number of fused-ring (bicyclic) bond motifs is 1. The number of carbonyl (C=O) groups excluding carboxylic acids is 3. The summed E-state index contributed by atoms with van der Waals surface area (Å²) in [5.41, 5.74) is 2.16. The standard InChI is InChI=1S/C30H37N3O6/c1-30(2)16-21(12-14-39-30)33-28(35)22-8-5-9-23(26(22)29(33)36)32-13-6-7-20(18-32)27(34)31-17-19-10-11-24(37-3)25(15-19)38-4/h5,8-11,15,20-21H,6-7,12-14,16-18H2,1-4H3,(H,31,34). The lowest BCUT2D eigenvalue weighted by atomic mass is 9.93. The molecule has 3 amide bonds. The molecule has 2 aromatic rings. The summed E-state index contributed by atoms with van der Waals surface area (Å²) in [7, 11) is 3.17. The quantitative estimate of drug-likeness (QED) is 0.539. The van der Waals surface area contributed by atoms with Crippen LogP contribution in [-0.2, 0) is 16.1 Å². The van der Waals surface area contributed by atoms with Crippen LogP contribution in [0.5, 0.6) is 11.5 Å². The van der Waals surface area contributed by atoms with Crippen molar-refractivity contribution in [3.63, 3.8) is 0 Å². The van der Waals surface area contributed by atoms with Gasteiger partial charge in [-0.3, -0.25) is 19.3 Å². The molecule has 3 heterocycles. The second kappa shape index (κ2) is 10.9. The summed E-state index contributed by atoms with van der Waals surface area (Å²) in [5.74, 6) is 0.514. The van der Waals surface area contributed by atoms with Gasteiger partial charge in [0.1, 0.15) is 0 Å². The Morgan fingerprint density at radius 3 is 2.62 bits per heavy atom. The molecule has 2 aromatic carbocycles. The summed E-state index contributed by atoms with van der Waals surface area (Å²) < 4.78 is 16.5. The second-order valence-corrected chi connectivity index (χ2v) is 11.1. The van der Waals surface area contributed by atoms with Crippen LogP contribution in [0, 0.1) is 5.92 Å². The number of rotatable bonds is 7. The van der Waals surface area contributed by atoms with Crippen molar-refractivity contribution < 1.29 is 28.6 Å². The van der Waals surface area contributed by atoms with E-state index in [4.69, 9.17) is 14.2 Å². The maximum atomic E-state index is 13.7. The maximum Gasteiger partial charge on any atom is 0.263 e. The van der Waals surface area contributed by atoms with Gasteiger partial charge in [0.05, 0.1) is 42.6 Å². The normalized spacial score (nSPS) is 22.5. The van der Waals surface area contributed by atoms with Gasteiger partial charge in [-0.2, -0.15) is 0 Å². The molecule has 1 N–H and O–H groups in total. The van der Waals surface area contributed by atoms with Crippen molar-refractivity contribution in [3.05, 3.63) is 53.1 Å². The fraction of sp³-hybridized carbons (Fsp3) is 0.500. The number of piperidine rings is 1. The predicted octanol–water partition coefficient (Wildman–Crippen LogP) is 3.79. The molecule has 39 heavy (non-hydrogen) atoms. The van der Waals surface area contributed by atoms with Gasteiger partial charge in [-0.05, 0) is 69.4 Å². The molecular weight excluding hydrogens is 498 g/mol. The summed E-state index contributed by atoms with van der Waals surface area (Å²) in [6.07, 6.45) is 2.83. The maximum absolute atomic E-state index is 13.7. The average Bonchev–Trinajstić information content (AvgIpc) is 3.20. The molecule has 2 saturated heterocycles. The fourth-order valence-electron chi connectivity index (χ4n) is 6.03. The van der Waals surface area contributed by atoms with Crippen LogP contribution in [0.3, 0.4) is 0 Å². The van der Waals surface area contributed by atoms with E-state index in [1.165, 1.54) is 4.90 Å². The first kappa shape index (κ1) is 27.0. The van der Waals surface area contributed by atoms with E-state index >= 15 is 0 Å². The van der Waals surface area contributed by atoms with E-state index in [1.807, 2.05) is 44.2 Å². The van der Waals surface area contributed by atoms with Crippen LogP contribution in [0.15, 0.2) is 36.4 Å². The number of amides is 3. The van der Waals surface area contributed by atoms with Crippen LogP contribution < -0.4 is 19.7 Å². The fourth-order valence-corrected chi connectivity index (χ4v) is 6.03. The van der Waals surface area contributed by atoms with E-state index in [0.717, 1.165) is 30.6 Å². The van der Waals surface area contributed by atoms with Crippen LogP contribution in [0.1, 0.15) is 65.8 Å². The van der Waals surface area contributed by atoms with Crippen LogP contribution >= 0.6 is 0 Å². The number of hydrogen-bond donors (Lipinski definition) is 1. The van der Waals surface area contributed by atoms with E-state index in [2.05, 4.69) is 10.2 Å². The summed E-state index contributed by atoms with van der Waals surface area (Å²) in [4.78, 5) is 43.8. The van der Waals surface area contributed by atoms with Gasteiger partial charge in [-0.1, -0.05) is 12.1 Å². The van der Waals surface area contributed by atoms with Crippen LogP contribution in [0.25, 0.3) is 0 Å². The molecule has 0 bridgehead atoms. The second-order valence-electron chi connectivity index (χ2n) is 11.1. The number of methoxy groups -OCH3 is 2. The minimum atomic E-state index is -0.383. The first-order valence-electron chi connectivity index (χ1n) is 13.6. The van der Waals surface area contributed by atoms with Gasteiger partial charge in [-0.25, -0.2) is 0 Å². The van der Waals surface area contributed by atoms with Gasteiger partial charge >= 0.3 is 0 Å².